The molecule has 0 bridgehead atoms. The van der Waals surface area contributed by atoms with E-state index >= 15 is 0 Å². The number of aromatic nitrogens is 4. The van der Waals surface area contributed by atoms with Crippen molar-refractivity contribution in [3.63, 3.8) is 0 Å². The van der Waals surface area contributed by atoms with Crippen molar-refractivity contribution in [2.24, 2.45) is 0 Å². The first-order chi connectivity index (χ1) is 14.6. The van der Waals surface area contributed by atoms with Crippen molar-refractivity contribution in [3.05, 3.63) is 85.3 Å². The second-order valence-corrected chi connectivity index (χ2v) is 6.48. The molecule has 8 heteroatoms. The summed E-state index contributed by atoms with van der Waals surface area (Å²) in [5.74, 6) is -1.86. The van der Waals surface area contributed by atoms with Gasteiger partial charge in [0.25, 0.3) is 0 Å². The van der Waals surface area contributed by atoms with Gasteiger partial charge >= 0.3 is 5.92 Å². The fraction of sp³-hybridized carbons (Fsp3) is 0.136. The summed E-state index contributed by atoms with van der Waals surface area (Å²) >= 11 is 0. The van der Waals surface area contributed by atoms with E-state index in [1.165, 1.54) is 41.6 Å². The van der Waals surface area contributed by atoms with Crippen molar-refractivity contribution in [1.82, 2.24) is 19.5 Å². The fourth-order valence-corrected chi connectivity index (χ4v) is 3.00. The number of alkyl halides is 2. The Hall–Kier alpha value is -3.81. The van der Waals surface area contributed by atoms with Crippen molar-refractivity contribution in [2.75, 3.05) is 7.11 Å². The Morgan fingerprint density at radius 2 is 1.80 bits per heavy atom. The van der Waals surface area contributed by atoms with Gasteiger partial charge in [-0.3, -0.25) is 4.98 Å². The zero-order valence-electron chi connectivity index (χ0n) is 16.1. The lowest BCUT2D eigenvalue weighted by molar-refractivity contribution is -0.0266. The van der Waals surface area contributed by atoms with E-state index in [4.69, 9.17) is 9.47 Å². The van der Waals surface area contributed by atoms with Crippen LogP contribution in [0.3, 0.4) is 0 Å². The summed E-state index contributed by atoms with van der Waals surface area (Å²) < 4.78 is 41.5. The molecule has 0 aliphatic rings. The summed E-state index contributed by atoms with van der Waals surface area (Å²) in [6.07, 6.45) is 7.12. The average Bonchev–Trinajstić information content (AvgIpc) is 3.27. The molecule has 0 unspecified atom stereocenters. The molecule has 152 valence electrons. The zero-order valence-corrected chi connectivity index (χ0v) is 16.1. The molecule has 0 aliphatic carbocycles. The zero-order chi connectivity index (χ0) is 21.0. The van der Waals surface area contributed by atoms with Crippen LogP contribution in [0.2, 0.25) is 0 Å². The smallest absolute Gasteiger partial charge is 0.307 e. The molecule has 4 rings (SSSR count). The van der Waals surface area contributed by atoms with E-state index in [0.29, 0.717) is 22.9 Å². The molecule has 0 saturated carbocycles. The van der Waals surface area contributed by atoms with Gasteiger partial charge in [-0.25, -0.2) is 9.97 Å². The predicted octanol–water partition coefficient (Wildman–Crippen LogP) is 4.93. The number of methoxy groups -OCH3 is 1. The Morgan fingerprint density at radius 3 is 2.53 bits per heavy atom. The number of imidazole rings is 1. The second kappa shape index (κ2) is 8.28. The lowest BCUT2D eigenvalue weighted by Gasteiger charge is -2.17. The van der Waals surface area contributed by atoms with Crippen LogP contribution in [0, 0.1) is 0 Å². The number of rotatable bonds is 7. The molecule has 0 aliphatic heterocycles. The largest absolute Gasteiger partial charge is 0.496 e. The van der Waals surface area contributed by atoms with Gasteiger partial charge < -0.3 is 14.0 Å². The lowest BCUT2D eigenvalue weighted by atomic mass is 10.1. The van der Waals surface area contributed by atoms with Gasteiger partial charge in [0, 0.05) is 29.7 Å². The van der Waals surface area contributed by atoms with Crippen molar-refractivity contribution < 1.29 is 18.3 Å². The Bertz CT molecular complexity index is 1120. The third-order valence-corrected chi connectivity index (χ3v) is 4.43. The first kappa shape index (κ1) is 19.5. The van der Waals surface area contributed by atoms with Gasteiger partial charge in [-0.05, 0) is 30.3 Å². The molecule has 4 aromatic rings. The van der Waals surface area contributed by atoms with Crippen LogP contribution in [0.25, 0.3) is 11.1 Å². The number of para-hydroxylation sites is 1. The van der Waals surface area contributed by atoms with Crippen LogP contribution < -0.4 is 9.47 Å². The van der Waals surface area contributed by atoms with E-state index in [1.807, 2.05) is 30.3 Å². The minimum absolute atomic E-state index is 0.298. The molecule has 0 N–H and O–H groups in total. The van der Waals surface area contributed by atoms with Gasteiger partial charge in [0.05, 0.1) is 26.2 Å². The van der Waals surface area contributed by atoms with Gasteiger partial charge in [0.2, 0.25) is 5.88 Å². The molecule has 0 fully saturated rings. The van der Waals surface area contributed by atoms with E-state index < -0.39 is 12.5 Å². The third-order valence-electron chi connectivity index (χ3n) is 4.43. The Labute approximate surface area is 171 Å². The maximum Gasteiger partial charge on any atom is 0.307 e. The molecule has 0 radical (unpaired) electrons. The van der Waals surface area contributed by atoms with Gasteiger partial charge in [-0.2, -0.15) is 8.78 Å². The summed E-state index contributed by atoms with van der Waals surface area (Å²) in [4.78, 5) is 12.0. The monoisotopic (exact) mass is 408 g/mol. The topological polar surface area (TPSA) is 62.1 Å². The highest BCUT2D eigenvalue weighted by molar-refractivity contribution is 5.74. The maximum absolute atomic E-state index is 14.5. The Morgan fingerprint density at radius 1 is 0.967 bits per heavy atom. The molecular formula is C22H18F2N4O2. The van der Waals surface area contributed by atoms with Crippen LogP contribution in [0.15, 0.2) is 79.6 Å². The SMILES string of the molecule is COc1ccccc1-c1cccnc1Oc1ccc(C(F)(F)Cn2ccnc2)nc1. The summed E-state index contributed by atoms with van der Waals surface area (Å²) in [6.45, 7) is -0.543. The summed E-state index contributed by atoms with van der Waals surface area (Å²) in [5.41, 5.74) is 1.17. The quantitative estimate of drug-likeness (QED) is 0.434. The summed E-state index contributed by atoms with van der Waals surface area (Å²) in [5, 5.41) is 0. The highest BCUT2D eigenvalue weighted by atomic mass is 19.3. The van der Waals surface area contributed by atoms with Crippen LogP contribution >= 0.6 is 0 Å². The van der Waals surface area contributed by atoms with Crippen LogP contribution in [-0.4, -0.2) is 26.6 Å². The standard InChI is InChI=1S/C22H18F2N4O2/c1-29-19-7-3-2-5-17(19)18-6-4-10-26-21(18)30-16-8-9-20(27-13-16)22(23,24)14-28-12-11-25-15-28/h2-13,15H,14H2,1H3. The molecule has 6 nitrogen and oxygen atoms in total. The van der Waals surface area contributed by atoms with Gasteiger partial charge in [0.1, 0.15) is 17.2 Å². The van der Waals surface area contributed by atoms with Crippen molar-refractivity contribution in [2.45, 2.75) is 12.5 Å². The number of halogens is 2. The minimum atomic E-state index is -3.15. The molecule has 0 atom stereocenters. The van der Waals surface area contributed by atoms with Crippen LogP contribution in [0.4, 0.5) is 8.78 Å². The highest BCUT2D eigenvalue weighted by Crippen LogP contribution is 2.37. The number of ether oxygens (including phenoxy) is 2. The van der Waals surface area contributed by atoms with E-state index in [-0.39, 0.29) is 5.69 Å². The normalized spacial score (nSPS) is 11.3. The van der Waals surface area contributed by atoms with Crippen LogP contribution in [0.5, 0.6) is 17.4 Å². The van der Waals surface area contributed by atoms with E-state index in [1.54, 1.807) is 19.4 Å². The summed E-state index contributed by atoms with van der Waals surface area (Å²) in [7, 11) is 1.59. The van der Waals surface area contributed by atoms with E-state index in [2.05, 4.69) is 15.0 Å². The first-order valence-electron chi connectivity index (χ1n) is 9.13. The maximum atomic E-state index is 14.5. The number of hydrogen-bond donors (Lipinski definition) is 0. The number of pyridine rings is 2. The Balaban J connectivity index is 1.57. The van der Waals surface area contributed by atoms with Crippen molar-refractivity contribution >= 4 is 0 Å². The first-order valence-corrected chi connectivity index (χ1v) is 9.13. The van der Waals surface area contributed by atoms with Gasteiger partial charge in [0.15, 0.2) is 0 Å². The highest BCUT2D eigenvalue weighted by Gasteiger charge is 2.33. The number of hydrogen-bond acceptors (Lipinski definition) is 5. The van der Waals surface area contributed by atoms with Crippen molar-refractivity contribution in [3.8, 4) is 28.5 Å². The summed E-state index contributed by atoms with van der Waals surface area (Å²) in [6, 6.07) is 13.8. The minimum Gasteiger partial charge on any atom is -0.496 e. The second-order valence-electron chi connectivity index (χ2n) is 6.48. The molecule has 3 aromatic heterocycles. The third kappa shape index (κ3) is 4.12. The van der Waals surface area contributed by atoms with Gasteiger partial charge in [-0.15, -0.1) is 0 Å². The molecular weight excluding hydrogens is 390 g/mol. The van der Waals surface area contributed by atoms with E-state index in [0.717, 1.165) is 5.56 Å². The number of benzene rings is 1. The molecule has 0 amide bonds. The molecule has 30 heavy (non-hydrogen) atoms. The van der Waals surface area contributed by atoms with E-state index in [9.17, 15) is 8.78 Å². The van der Waals surface area contributed by atoms with Crippen molar-refractivity contribution in [1.29, 1.82) is 0 Å². The van der Waals surface area contributed by atoms with Gasteiger partial charge in [-0.1, -0.05) is 18.2 Å². The Kier molecular flexibility index (Phi) is 5.38. The molecule has 0 saturated heterocycles. The molecule has 0 spiro atoms. The van der Waals surface area contributed by atoms with Crippen LogP contribution in [-0.2, 0) is 12.5 Å². The van der Waals surface area contributed by atoms with Crippen LogP contribution in [0.1, 0.15) is 5.69 Å². The average molecular weight is 408 g/mol. The number of nitrogens with zero attached hydrogens (tertiary/aromatic N) is 4. The predicted molar refractivity (Wildman–Crippen MR) is 107 cm³/mol. The molecule has 1 aromatic carbocycles. The fourth-order valence-electron chi connectivity index (χ4n) is 3.00. The molecule has 3 heterocycles. The lowest BCUT2D eigenvalue weighted by Crippen LogP contribution is -2.22.